The van der Waals surface area contributed by atoms with E-state index in [4.69, 9.17) is 4.74 Å². The van der Waals surface area contributed by atoms with Gasteiger partial charge in [-0.15, -0.1) is 0 Å². The quantitative estimate of drug-likeness (QED) is 0.773. The third-order valence-corrected chi connectivity index (χ3v) is 3.67. The fraction of sp³-hybridized carbons (Fsp3) is 0.923. The number of nitrogens with zero attached hydrogens (tertiary/aromatic N) is 1. The zero-order chi connectivity index (χ0) is 12.9. The lowest BCUT2D eigenvalue weighted by atomic mass is 9.82. The van der Waals surface area contributed by atoms with Crippen molar-refractivity contribution >= 4 is 5.97 Å². The van der Waals surface area contributed by atoms with Gasteiger partial charge in [0.2, 0.25) is 0 Å². The van der Waals surface area contributed by atoms with Crippen molar-refractivity contribution in [2.45, 2.75) is 33.1 Å². The summed E-state index contributed by atoms with van der Waals surface area (Å²) >= 11 is 0. The minimum Gasteiger partial charge on any atom is -0.481 e. The first-order valence-electron chi connectivity index (χ1n) is 6.50. The third-order valence-electron chi connectivity index (χ3n) is 3.67. The van der Waals surface area contributed by atoms with E-state index in [0.717, 1.165) is 25.8 Å². The van der Waals surface area contributed by atoms with E-state index in [1.165, 1.54) is 0 Å². The molecule has 2 atom stereocenters. The molecule has 1 N–H and O–H groups in total. The number of carboxylic acids is 1. The van der Waals surface area contributed by atoms with Crippen LogP contribution >= 0.6 is 0 Å². The smallest absolute Gasteiger partial charge is 0.313 e. The molecule has 4 heteroatoms. The average molecular weight is 243 g/mol. The molecule has 1 rings (SSSR count). The highest BCUT2D eigenvalue weighted by Gasteiger charge is 2.41. The van der Waals surface area contributed by atoms with Crippen molar-refractivity contribution < 1.29 is 14.6 Å². The predicted octanol–water partition coefficient (Wildman–Crippen LogP) is 1.85. The zero-order valence-electron chi connectivity index (χ0n) is 11.2. The summed E-state index contributed by atoms with van der Waals surface area (Å²) in [5, 5.41) is 9.42. The Kier molecular flexibility index (Phi) is 5.40. The summed E-state index contributed by atoms with van der Waals surface area (Å²) in [6.45, 7) is 6.95. The van der Waals surface area contributed by atoms with Crippen LogP contribution in [0.5, 0.6) is 0 Å². The van der Waals surface area contributed by atoms with Gasteiger partial charge in [0.1, 0.15) is 5.41 Å². The first-order chi connectivity index (χ1) is 8.00. The zero-order valence-corrected chi connectivity index (χ0v) is 11.2. The normalized spacial score (nSPS) is 27.1. The Bertz CT molecular complexity index is 249. The van der Waals surface area contributed by atoms with Gasteiger partial charge in [0.25, 0.3) is 0 Å². The molecule has 4 nitrogen and oxygen atoms in total. The number of ether oxygens (including phenoxy) is 1. The Morgan fingerprint density at radius 2 is 2.29 bits per heavy atom. The van der Waals surface area contributed by atoms with Crippen molar-refractivity contribution in [2.24, 2.45) is 11.3 Å². The second-order valence-electron chi connectivity index (χ2n) is 5.45. The molecular weight excluding hydrogens is 218 g/mol. The van der Waals surface area contributed by atoms with Crippen molar-refractivity contribution in [3.8, 4) is 0 Å². The van der Waals surface area contributed by atoms with Crippen molar-refractivity contribution in [3.05, 3.63) is 0 Å². The number of hydrogen-bond donors (Lipinski definition) is 1. The van der Waals surface area contributed by atoms with Gasteiger partial charge < -0.3 is 14.7 Å². The molecule has 0 saturated carbocycles. The molecule has 1 heterocycles. The van der Waals surface area contributed by atoms with Crippen LogP contribution in [0.3, 0.4) is 0 Å². The molecule has 0 amide bonds. The lowest BCUT2D eigenvalue weighted by Gasteiger charge is -2.36. The molecule has 100 valence electrons. The van der Waals surface area contributed by atoms with Gasteiger partial charge in [-0.05, 0) is 25.8 Å². The highest BCUT2D eigenvalue weighted by molar-refractivity contribution is 5.75. The van der Waals surface area contributed by atoms with Crippen LogP contribution in [-0.4, -0.2) is 49.3 Å². The Morgan fingerprint density at radius 1 is 1.59 bits per heavy atom. The first-order valence-corrected chi connectivity index (χ1v) is 6.50. The van der Waals surface area contributed by atoms with E-state index in [9.17, 15) is 9.90 Å². The lowest BCUT2D eigenvalue weighted by molar-refractivity contribution is -0.159. The van der Waals surface area contributed by atoms with Crippen LogP contribution < -0.4 is 0 Å². The fourth-order valence-corrected chi connectivity index (χ4v) is 2.46. The Hall–Kier alpha value is -0.610. The SMILES string of the molecule is CCC(C)CN(C)CC1(C(=O)O)CCCOC1. The van der Waals surface area contributed by atoms with Gasteiger partial charge in [-0.1, -0.05) is 20.3 Å². The number of carbonyl (C=O) groups is 1. The minimum atomic E-state index is -0.715. The Morgan fingerprint density at radius 3 is 2.76 bits per heavy atom. The molecule has 0 aromatic rings. The van der Waals surface area contributed by atoms with Gasteiger partial charge in [0.05, 0.1) is 6.61 Å². The van der Waals surface area contributed by atoms with Gasteiger partial charge in [-0.2, -0.15) is 0 Å². The van der Waals surface area contributed by atoms with Gasteiger partial charge in [0.15, 0.2) is 0 Å². The number of rotatable bonds is 6. The van der Waals surface area contributed by atoms with E-state index >= 15 is 0 Å². The van der Waals surface area contributed by atoms with E-state index in [1.807, 2.05) is 7.05 Å². The van der Waals surface area contributed by atoms with Crippen molar-refractivity contribution in [3.63, 3.8) is 0 Å². The summed E-state index contributed by atoms with van der Waals surface area (Å²) < 4.78 is 5.37. The summed E-state index contributed by atoms with van der Waals surface area (Å²) in [6, 6.07) is 0. The maximum Gasteiger partial charge on any atom is 0.313 e. The summed E-state index contributed by atoms with van der Waals surface area (Å²) in [4.78, 5) is 13.6. The second-order valence-corrected chi connectivity index (χ2v) is 5.45. The standard InChI is InChI=1S/C13H25NO3/c1-4-11(2)8-14(3)9-13(12(15)16)6-5-7-17-10-13/h11H,4-10H2,1-3H3,(H,15,16). The van der Waals surface area contributed by atoms with Crippen LogP contribution in [-0.2, 0) is 9.53 Å². The summed E-state index contributed by atoms with van der Waals surface area (Å²) in [6.07, 6.45) is 2.71. The summed E-state index contributed by atoms with van der Waals surface area (Å²) in [5.41, 5.74) is -0.694. The predicted molar refractivity (Wildman–Crippen MR) is 67.1 cm³/mol. The molecule has 17 heavy (non-hydrogen) atoms. The molecule has 0 aromatic heterocycles. The maximum absolute atomic E-state index is 11.5. The molecular formula is C13H25NO3. The van der Waals surface area contributed by atoms with Crippen molar-refractivity contribution in [2.75, 3.05) is 33.4 Å². The van der Waals surface area contributed by atoms with Gasteiger partial charge >= 0.3 is 5.97 Å². The van der Waals surface area contributed by atoms with Crippen molar-refractivity contribution in [1.29, 1.82) is 0 Å². The summed E-state index contributed by atoms with van der Waals surface area (Å²) in [5.74, 6) is -0.108. The van der Waals surface area contributed by atoms with E-state index in [-0.39, 0.29) is 0 Å². The molecule has 1 aliphatic heterocycles. The van der Waals surface area contributed by atoms with Crippen molar-refractivity contribution in [1.82, 2.24) is 4.90 Å². The highest BCUT2D eigenvalue weighted by Crippen LogP contribution is 2.30. The van der Waals surface area contributed by atoms with E-state index in [0.29, 0.717) is 25.7 Å². The molecule has 0 aliphatic carbocycles. The van der Waals surface area contributed by atoms with E-state index in [1.54, 1.807) is 0 Å². The molecule has 1 aliphatic rings. The molecule has 1 saturated heterocycles. The van der Waals surface area contributed by atoms with Gasteiger partial charge in [-0.25, -0.2) is 0 Å². The topological polar surface area (TPSA) is 49.8 Å². The van der Waals surface area contributed by atoms with E-state index < -0.39 is 11.4 Å². The van der Waals surface area contributed by atoms with Crippen LogP contribution in [0, 0.1) is 11.3 Å². The fourth-order valence-electron chi connectivity index (χ4n) is 2.46. The monoisotopic (exact) mass is 243 g/mol. The molecule has 2 unspecified atom stereocenters. The molecule has 0 radical (unpaired) electrons. The Labute approximate surface area is 104 Å². The number of hydrogen-bond acceptors (Lipinski definition) is 3. The van der Waals surface area contributed by atoms with Gasteiger partial charge in [0, 0.05) is 19.7 Å². The maximum atomic E-state index is 11.5. The van der Waals surface area contributed by atoms with Crippen LogP contribution in [0.1, 0.15) is 33.1 Å². The van der Waals surface area contributed by atoms with E-state index in [2.05, 4.69) is 18.7 Å². The van der Waals surface area contributed by atoms with Crippen LogP contribution in [0.2, 0.25) is 0 Å². The third kappa shape index (κ3) is 3.96. The van der Waals surface area contributed by atoms with Crippen LogP contribution in [0.25, 0.3) is 0 Å². The average Bonchev–Trinajstić information content (AvgIpc) is 2.29. The molecule has 1 fully saturated rings. The van der Waals surface area contributed by atoms with Crippen LogP contribution in [0.15, 0.2) is 0 Å². The minimum absolute atomic E-state index is 0.354. The number of aliphatic carboxylic acids is 1. The molecule has 0 bridgehead atoms. The lowest BCUT2D eigenvalue weighted by Crippen LogP contribution is -2.48. The second kappa shape index (κ2) is 6.36. The summed E-state index contributed by atoms with van der Waals surface area (Å²) in [7, 11) is 2.01. The molecule has 0 spiro atoms. The van der Waals surface area contributed by atoms with Gasteiger partial charge in [-0.3, -0.25) is 4.79 Å². The Balaban J connectivity index is 2.57. The highest BCUT2D eigenvalue weighted by atomic mass is 16.5. The largest absolute Gasteiger partial charge is 0.481 e. The number of carboxylic acid groups (broad SMARTS) is 1. The van der Waals surface area contributed by atoms with Crippen LogP contribution in [0.4, 0.5) is 0 Å². The molecule has 0 aromatic carbocycles. The first kappa shape index (κ1) is 14.5.